The Kier molecular flexibility index (Phi) is 4.95. The minimum atomic E-state index is -0.419. The van der Waals surface area contributed by atoms with Crippen LogP contribution in [0.5, 0.6) is 0 Å². The van der Waals surface area contributed by atoms with E-state index in [0.717, 1.165) is 11.1 Å². The number of benzene rings is 1. The molecular formula is C12H19N3O. The summed E-state index contributed by atoms with van der Waals surface area (Å²) in [4.78, 5) is 11.4. The lowest BCUT2D eigenvalue weighted by Crippen LogP contribution is -2.39. The first-order chi connectivity index (χ1) is 7.67. The Morgan fingerprint density at radius 3 is 2.75 bits per heavy atom. The zero-order valence-corrected chi connectivity index (χ0v) is 9.57. The highest BCUT2D eigenvalue weighted by molar-refractivity contribution is 5.81. The van der Waals surface area contributed by atoms with Crippen molar-refractivity contribution in [2.24, 2.45) is 11.5 Å². The van der Waals surface area contributed by atoms with E-state index in [-0.39, 0.29) is 5.91 Å². The van der Waals surface area contributed by atoms with Gasteiger partial charge in [-0.25, -0.2) is 0 Å². The van der Waals surface area contributed by atoms with Gasteiger partial charge in [-0.15, -0.1) is 0 Å². The summed E-state index contributed by atoms with van der Waals surface area (Å²) in [5.74, 6) is -0.111. The maximum absolute atomic E-state index is 11.4. The lowest BCUT2D eigenvalue weighted by Gasteiger charge is -2.10. The monoisotopic (exact) mass is 221 g/mol. The van der Waals surface area contributed by atoms with Crippen LogP contribution < -0.4 is 16.8 Å². The highest BCUT2D eigenvalue weighted by atomic mass is 16.2. The lowest BCUT2D eigenvalue weighted by molar-refractivity contribution is -0.122. The average molecular weight is 221 g/mol. The van der Waals surface area contributed by atoms with Gasteiger partial charge in [-0.05, 0) is 17.5 Å². The molecule has 1 aromatic rings. The zero-order chi connectivity index (χ0) is 12.0. The number of amides is 1. The van der Waals surface area contributed by atoms with Gasteiger partial charge in [-0.2, -0.15) is 0 Å². The molecule has 1 unspecified atom stereocenters. The quantitative estimate of drug-likeness (QED) is 0.677. The second-order valence-electron chi connectivity index (χ2n) is 3.76. The van der Waals surface area contributed by atoms with Crippen LogP contribution in [0.15, 0.2) is 24.3 Å². The summed E-state index contributed by atoms with van der Waals surface area (Å²) < 4.78 is 0. The van der Waals surface area contributed by atoms with Gasteiger partial charge in [0.1, 0.15) is 0 Å². The predicted molar refractivity (Wildman–Crippen MR) is 64.4 cm³/mol. The minimum absolute atomic E-state index is 0.111. The van der Waals surface area contributed by atoms with Gasteiger partial charge < -0.3 is 16.8 Å². The van der Waals surface area contributed by atoms with Crippen LogP contribution in [-0.4, -0.2) is 11.9 Å². The van der Waals surface area contributed by atoms with Crippen LogP contribution in [0.2, 0.25) is 0 Å². The number of hydrogen-bond donors (Lipinski definition) is 3. The van der Waals surface area contributed by atoms with Crippen molar-refractivity contribution in [3.05, 3.63) is 35.4 Å². The third-order valence-electron chi connectivity index (χ3n) is 2.47. The first-order valence-corrected chi connectivity index (χ1v) is 5.48. The first-order valence-electron chi connectivity index (χ1n) is 5.48. The zero-order valence-electron chi connectivity index (χ0n) is 9.57. The van der Waals surface area contributed by atoms with E-state index in [9.17, 15) is 4.79 Å². The normalized spacial score (nSPS) is 12.2. The molecule has 0 heterocycles. The molecule has 0 saturated carbocycles. The molecule has 4 nitrogen and oxygen atoms in total. The number of nitrogens with two attached hydrogens (primary N) is 2. The van der Waals surface area contributed by atoms with Crippen molar-refractivity contribution >= 4 is 5.91 Å². The highest BCUT2D eigenvalue weighted by Crippen LogP contribution is 2.04. The maximum Gasteiger partial charge on any atom is 0.237 e. The molecular weight excluding hydrogens is 202 g/mol. The Morgan fingerprint density at radius 1 is 1.44 bits per heavy atom. The summed E-state index contributed by atoms with van der Waals surface area (Å²) in [5.41, 5.74) is 13.2. The SMILES string of the molecule is CCC(N)C(=O)NCc1cccc(CN)c1. The molecule has 4 heteroatoms. The Hall–Kier alpha value is -1.39. The Bertz CT molecular complexity index is 352. The van der Waals surface area contributed by atoms with E-state index >= 15 is 0 Å². The van der Waals surface area contributed by atoms with Gasteiger partial charge in [0.2, 0.25) is 5.91 Å². The van der Waals surface area contributed by atoms with Gasteiger partial charge in [0.15, 0.2) is 0 Å². The topological polar surface area (TPSA) is 81.1 Å². The summed E-state index contributed by atoms with van der Waals surface area (Å²) in [6.45, 7) is 2.90. The third kappa shape index (κ3) is 3.64. The van der Waals surface area contributed by atoms with E-state index in [4.69, 9.17) is 11.5 Å². The predicted octanol–water partition coefficient (Wildman–Crippen LogP) is 0.499. The van der Waals surface area contributed by atoms with Gasteiger partial charge in [-0.3, -0.25) is 4.79 Å². The number of carbonyl (C=O) groups excluding carboxylic acids is 1. The third-order valence-corrected chi connectivity index (χ3v) is 2.47. The van der Waals surface area contributed by atoms with Gasteiger partial charge in [-0.1, -0.05) is 31.2 Å². The van der Waals surface area contributed by atoms with Gasteiger partial charge in [0, 0.05) is 13.1 Å². The molecule has 88 valence electrons. The maximum atomic E-state index is 11.4. The number of hydrogen-bond acceptors (Lipinski definition) is 3. The van der Waals surface area contributed by atoms with Crippen LogP contribution in [0.1, 0.15) is 24.5 Å². The van der Waals surface area contributed by atoms with Gasteiger partial charge >= 0.3 is 0 Å². The molecule has 0 radical (unpaired) electrons. The van der Waals surface area contributed by atoms with Crippen molar-refractivity contribution in [2.75, 3.05) is 0 Å². The average Bonchev–Trinajstić information content (AvgIpc) is 2.35. The van der Waals surface area contributed by atoms with Crippen molar-refractivity contribution in [1.29, 1.82) is 0 Å². The molecule has 0 bridgehead atoms. The van der Waals surface area contributed by atoms with Crippen LogP contribution in [0.3, 0.4) is 0 Å². The van der Waals surface area contributed by atoms with E-state index in [1.807, 2.05) is 31.2 Å². The van der Waals surface area contributed by atoms with Crippen LogP contribution in [0.25, 0.3) is 0 Å². The molecule has 1 aromatic carbocycles. The molecule has 0 fully saturated rings. The second-order valence-corrected chi connectivity index (χ2v) is 3.76. The summed E-state index contributed by atoms with van der Waals surface area (Å²) in [7, 11) is 0. The molecule has 0 saturated heterocycles. The highest BCUT2D eigenvalue weighted by Gasteiger charge is 2.09. The van der Waals surface area contributed by atoms with Crippen molar-refractivity contribution in [3.8, 4) is 0 Å². The molecule has 5 N–H and O–H groups in total. The summed E-state index contributed by atoms with van der Waals surface area (Å²) in [6, 6.07) is 7.42. The number of rotatable bonds is 5. The van der Waals surface area contributed by atoms with Crippen LogP contribution in [0.4, 0.5) is 0 Å². The smallest absolute Gasteiger partial charge is 0.237 e. The fourth-order valence-corrected chi connectivity index (χ4v) is 1.37. The number of nitrogens with one attached hydrogen (secondary N) is 1. The second kappa shape index (κ2) is 6.25. The Balaban J connectivity index is 2.51. The molecule has 0 spiro atoms. The van der Waals surface area contributed by atoms with Crippen LogP contribution >= 0.6 is 0 Å². The Morgan fingerprint density at radius 2 is 2.12 bits per heavy atom. The fourth-order valence-electron chi connectivity index (χ4n) is 1.37. The van der Waals surface area contributed by atoms with E-state index in [2.05, 4.69) is 5.32 Å². The minimum Gasteiger partial charge on any atom is -0.351 e. The Labute approximate surface area is 96.0 Å². The first kappa shape index (κ1) is 12.7. The summed E-state index contributed by atoms with van der Waals surface area (Å²) >= 11 is 0. The summed E-state index contributed by atoms with van der Waals surface area (Å²) in [6.07, 6.45) is 0.647. The van der Waals surface area contributed by atoms with Crippen molar-refractivity contribution in [1.82, 2.24) is 5.32 Å². The lowest BCUT2D eigenvalue weighted by atomic mass is 10.1. The molecule has 1 rings (SSSR count). The largest absolute Gasteiger partial charge is 0.351 e. The van der Waals surface area contributed by atoms with Crippen LogP contribution in [0, 0.1) is 0 Å². The van der Waals surface area contributed by atoms with Gasteiger partial charge in [0.05, 0.1) is 6.04 Å². The molecule has 0 aliphatic carbocycles. The van der Waals surface area contributed by atoms with Crippen LogP contribution in [-0.2, 0) is 17.9 Å². The standard InChI is InChI=1S/C12H19N3O/c1-2-11(14)12(16)15-8-10-5-3-4-9(6-10)7-13/h3-6,11H,2,7-8,13-14H2,1H3,(H,15,16). The van der Waals surface area contributed by atoms with E-state index in [1.165, 1.54) is 0 Å². The molecule has 0 aliphatic rings. The van der Waals surface area contributed by atoms with Crippen molar-refractivity contribution in [2.45, 2.75) is 32.5 Å². The molecule has 16 heavy (non-hydrogen) atoms. The van der Waals surface area contributed by atoms with E-state index in [1.54, 1.807) is 0 Å². The van der Waals surface area contributed by atoms with E-state index in [0.29, 0.717) is 19.5 Å². The van der Waals surface area contributed by atoms with E-state index < -0.39 is 6.04 Å². The fraction of sp³-hybridized carbons (Fsp3) is 0.417. The number of carbonyl (C=O) groups is 1. The molecule has 0 aromatic heterocycles. The van der Waals surface area contributed by atoms with Crippen molar-refractivity contribution in [3.63, 3.8) is 0 Å². The van der Waals surface area contributed by atoms with Gasteiger partial charge in [0.25, 0.3) is 0 Å². The summed E-state index contributed by atoms with van der Waals surface area (Å²) in [5, 5.41) is 2.80. The van der Waals surface area contributed by atoms with Crippen molar-refractivity contribution < 1.29 is 4.79 Å². The molecule has 1 amide bonds. The molecule has 0 aliphatic heterocycles. The molecule has 1 atom stereocenters.